The molecule has 1 fully saturated rings. The summed E-state index contributed by atoms with van der Waals surface area (Å²) in [6.45, 7) is 0.863. The van der Waals surface area contributed by atoms with Crippen molar-refractivity contribution in [1.29, 1.82) is 0 Å². The first-order valence-electron chi connectivity index (χ1n) is 6.14. The Bertz CT molecular complexity index is 588. The Morgan fingerprint density at radius 2 is 2.05 bits per heavy atom. The van der Waals surface area contributed by atoms with Crippen molar-refractivity contribution in [2.24, 2.45) is 5.73 Å². The molecule has 0 radical (unpaired) electrons. The predicted octanol–water partition coefficient (Wildman–Crippen LogP) is -0.585. The van der Waals surface area contributed by atoms with Gasteiger partial charge in [-0.25, -0.2) is 12.8 Å². The third-order valence-electron chi connectivity index (χ3n) is 3.14. The van der Waals surface area contributed by atoms with Crippen LogP contribution in [0.5, 0.6) is 0 Å². The van der Waals surface area contributed by atoms with Crippen molar-refractivity contribution in [3.05, 3.63) is 35.6 Å². The molecule has 1 aliphatic rings. The number of hydrogen-bond acceptors (Lipinski definition) is 4. The maximum absolute atomic E-state index is 12.8. The quantitative estimate of drug-likeness (QED) is 0.778. The number of carbonyl (C=O) groups excluding carboxylic acids is 1. The van der Waals surface area contributed by atoms with E-state index < -0.39 is 27.8 Å². The zero-order chi connectivity index (χ0) is 14.8. The van der Waals surface area contributed by atoms with E-state index in [-0.39, 0.29) is 18.8 Å². The van der Waals surface area contributed by atoms with Crippen molar-refractivity contribution in [2.45, 2.75) is 11.8 Å². The number of rotatable bonds is 4. The molecular weight excluding hydrogens is 285 g/mol. The fourth-order valence-corrected chi connectivity index (χ4v) is 3.85. The van der Waals surface area contributed by atoms with Gasteiger partial charge in [0.25, 0.3) is 0 Å². The number of carbonyl (C=O) groups is 1. The van der Waals surface area contributed by atoms with Crippen molar-refractivity contribution in [2.75, 3.05) is 19.6 Å². The van der Waals surface area contributed by atoms with Crippen molar-refractivity contribution in [3.63, 3.8) is 0 Å². The van der Waals surface area contributed by atoms with Gasteiger partial charge in [-0.05, 0) is 17.7 Å². The molecule has 3 N–H and O–H groups in total. The Hall–Kier alpha value is -1.51. The van der Waals surface area contributed by atoms with Crippen molar-refractivity contribution in [1.82, 2.24) is 9.62 Å². The summed E-state index contributed by atoms with van der Waals surface area (Å²) in [5.74, 6) is -1.39. The Balaban J connectivity index is 2.20. The van der Waals surface area contributed by atoms with Crippen LogP contribution in [0.4, 0.5) is 4.39 Å². The van der Waals surface area contributed by atoms with Gasteiger partial charge < -0.3 is 11.1 Å². The van der Waals surface area contributed by atoms with E-state index in [0.717, 1.165) is 4.31 Å². The van der Waals surface area contributed by atoms with Crippen molar-refractivity contribution >= 4 is 15.9 Å². The van der Waals surface area contributed by atoms with E-state index >= 15 is 0 Å². The SMILES string of the molecule is NC(=O)C1CNCCN1S(=O)(=O)Cc1ccc(F)cc1. The lowest BCUT2D eigenvalue weighted by Gasteiger charge is -2.33. The van der Waals surface area contributed by atoms with Crippen molar-refractivity contribution in [3.8, 4) is 0 Å². The Morgan fingerprint density at radius 3 is 2.65 bits per heavy atom. The molecule has 20 heavy (non-hydrogen) atoms. The summed E-state index contributed by atoms with van der Waals surface area (Å²) < 4.78 is 38.6. The highest BCUT2D eigenvalue weighted by atomic mass is 32.2. The van der Waals surface area contributed by atoms with Gasteiger partial charge in [-0.15, -0.1) is 0 Å². The number of hydrogen-bond donors (Lipinski definition) is 2. The van der Waals surface area contributed by atoms with Crippen LogP contribution >= 0.6 is 0 Å². The molecule has 0 aromatic heterocycles. The van der Waals surface area contributed by atoms with Crippen LogP contribution in [0.25, 0.3) is 0 Å². The second kappa shape index (κ2) is 5.86. The minimum absolute atomic E-state index is 0.192. The molecule has 1 aliphatic heterocycles. The van der Waals surface area contributed by atoms with E-state index in [1.807, 2.05) is 0 Å². The van der Waals surface area contributed by atoms with Crippen LogP contribution in [-0.2, 0) is 20.6 Å². The number of sulfonamides is 1. The first kappa shape index (κ1) is 14.9. The molecule has 1 aromatic carbocycles. The number of benzene rings is 1. The molecule has 6 nitrogen and oxygen atoms in total. The number of halogens is 1. The first-order valence-corrected chi connectivity index (χ1v) is 7.75. The molecule has 1 aromatic rings. The maximum atomic E-state index is 12.8. The smallest absolute Gasteiger partial charge is 0.237 e. The maximum Gasteiger partial charge on any atom is 0.237 e. The third-order valence-corrected chi connectivity index (χ3v) is 4.99. The second-order valence-electron chi connectivity index (χ2n) is 4.62. The van der Waals surface area contributed by atoms with Crippen LogP contribution in [0.3, 0.4) is 0 Å². The van der Waals surface area contributed by atoms with Crippen LogP contribution in [0.15, 0.2) is 24.3 Å². The van der Waals surface area contributed by atoms with E-state index in [1.54, 1.807) is 0 Å². The average Bonchev–Trinajstić information content (AvgIpc) is 2.41. The van der Waals surface area contributed by atoms with E-state index in [0.29, 0.717) is 12.1 Å². The minimum atomic E-state index is -3.67. The Kier molecular flexibility index (Phi) is 4.36. The number of amides is 1. The lowest BCUT2D eigenvalue weighted by Crippen LogP contribution is -2.58. The summed E-state index contributed by atoms with van der Waals surface area (Å²) in [6.07, 6.45) is 0. The lowest BCUT2D eigenvalue weighted by molar-refractivity contribution is -0.122. The van der Waals surface area contributed by atoms with Crippen LogP contribution in [0.1, 0.15) is 5.56 Å². The minimum Gasteiger partial charge on any atom is -0.368 e. The van der Waals surface area contributed by atoms with Gasteiger partial charge in [0.2, 0.25) is 15.9 Å². The topological polar surface area (TPSA) is 92.5 Å². The molecule has 1 heterocycles. The summed E-state index contributed by atoms with van der Waals surface area (Å²) in [5, 5.41) is 2.93. The van der Waals surface area contributed by atoms with Gasteiger partial charge in [-0.1, -0.05) is 12.1 Å². The molecule has 0 spiro atoms. The zero-order valence-electron chi connectivity index (χ0n) is 10.8. The van der Waals surface area contributed by atoms with Gasteiger partial charge in [-0.3, -0.25) is 4.79 Å². The molecular formula is C12H16FN3O3S. The second-order valence-corrected chi connectivity index (χ2v) is 6.54. The number of nitrogens with two attached hydrogens (primary N) is 1. The molecule has 0 aliphatic carbocycles. The number of piperazine rings is 1. The first-order chi connectivity index (χ1) is 9.40. The fraction of sp³-hybridized carbons (Fsp3) is 0.417. The molecule has 1 unspecified atom stereocenters. The van der Waals surface area contributed by atoms with Crippen LogP contribution < -0.4 is 11.1 Å². The van der Waals surface area contributed by atoms with E-state index in [4.69, 9.17) is 5.73 Å². The molecule has 2 rings (SSSR count). The molecule has 1 saturated heterocycles. The molecule has 110 valence electrons. The van der Waals surface area contributed by atoms with Gasteiger partial charge in [0, 0.05) is 19.6 Å². The van der Waals surface area contributed by atoms with Gasteiger partial charge >= 0.3 is 0 Å². The fourth-order valence-electron chi connectivity index (χ4n) is 2.14. The highest BCUT2D eigenvalue weighted by Gasteiger charge is 2.35. The summed E-state index contributed by atoms with van der Waals surface area (Å²) in [7, 11) is -3.67. The van der Waals surface area contributed by atoms with Crippen LogP contribution in [0, 0.1) is 5.82 Å². The summed E-state index contributed by atoms with van der Waals surface area (Å²) >= 11 is 0. The number of nitrogens with zero attached hydrogens (tertiary/aromatic N) is 1. The van der Waals surface area contributed by atoms with Crippen LogP contribution in [0.2, 0.25) is 0 Å². The molecule has 1 atom stereocenters. The third kappa shape index (κ3) is 3.33. The number of primary amides is 1. The van der Waals surface area contributed by atoms with Gasteiger partial charge in [-0.2, -0.15) is 4.31 Å². The summed E-state index contributed by atoms with van der Waals surface area (Å²) in [5.41, 5.74) is 5.70. The standard InChI is InChI=1S/C12H16FN3O3S/c13-10-3-1-9(2-4-10)8-20(18,19)16-6-5-15-7-11(16)12(14)17/h1-4,11,15H,5-8H2,(H2,14,17). The Labute approximate surface area is 116 Å². The number of nitrogens with one attached hydrogen (secondary N) is 1. The van der Waals surface area contributed by atoms with Crippen molar-refractivity contribution < 1.29 is 17.6 Å². The molecule has 1 amide bonds. The lowest BCUT2D eigenvalue weighted by atomic mass is 10.2. The summed E-state index contributed by atoms with van der Waals surface area (Å²) in [4.78, 5) is 11.3. The largest absolute Gasteiger partial charge is 0.368 e. The predicted molar refractivity (Wildman–Crippen MR) is 71.6 cm³/mol. The van der Waals surface area contributed by atoms with E-state index in [2.05, 4.69) is 5.32 Å². The van der Waals surface area contributed by atoms with Crippen LogP contribution in [-0.4, -0.2) is 44.3 Å². The van der Waals surface area contributed by atoms with E-state index in [1.165, 1.54) is 24.3 Å². The molecule has 0 bridgehead atoms. The highest BCUT2D eigenvalue weighted by molar-refractivity contribution is 7.88. The van der Waals surface area contributed by atoms with Gasteiger partial charge in [0.05, 0.1) is 5.75 Å². The zero-order valence-corrected chi connectivity index (χ0v) is 11.6. The monoisotopic (exact) mass is 301 g/mol. The Morgan fingerprint density at radius 1 is 1.40 bits per heavy atom. The normalized spacial score (nSPS) is 20.8. The average molecular weight is 301 g/mol. The summed E-state index contributed by atoms with van der Waals surface area (Å²) in [6, 6.07) is 4.35. The highest BCUT2D eigenvalue weighted by Crippen LogP contribution is 2.16. The molecule has 0 saturated carbocycles. The molecule has 8 heteroatoms. The van der Waals surface area contributed by atoms with E-state index in [9.17, 15) is 17.6 Å². The van der Waals surface area contributed by atoms with Gasteiger partial charge in [0.1, 0.15) is 11.9 Å². The van der Waals surface area contributed by atoms with Gasteiger partial charge in [0.15, 0.2) is 0 Å².